The molecule has 1 heterocycles. The maximum atomic E-state index is 12.9. The number of nitrogens with one attached hydrogen (secondary N) is 2. The molecule has 1 aromatic carbocycles. The minimum Gasteiger partial charge on any atom is -0.352 e. The van der Waals surface area contributed by atoms with Crippen molar-refractivity contribution in [3.8, 4) is 0 Å². The number of benzene rings is 1. The molecule has 4 amide bonds. The number of nitrogens with zero attached hydrogens (tertiary/aromatic N) is 1. The largest absolute Gasteiger partial charge is 0.352 e. The van der Waals surface area contributed by atoms with Crippen molar-refractivity contribution in [2.75, 3.05) is 6.54 Å². The molecule has 1 aliphatic heterocycles. The van der Waals surface area contributed by atoms with Gasteiger partial charge in [-0.2, -0.15) is 0 Å². The fraction of sp³-hybridized carbons (Fsp3) is 0.471. The second kappa shape index (κ2) is 5.68. The van der Waals surface area contributed by atoms with Crippen LogP contribution in [0.2, 0.25) is 0 Å². The fourth-order valence-electron chi connectivity index (χ4n) is 3.30. The molecule has 23 heavy (non-hydrogen) atoms. The predicted octanol–water partition coefficient (Wildman–Crippen LogP) is 1.29. The monoisotopic (exact) mass is 315 g/mol. The Morgan fingerprint density at radius 2 is 2.13 bits per heavy atom. The summed E-state index contributed by atoms with van der Waals surface area (Å²) < 4.78 is 0. The molecule has 1 spiro atoms. The number of hydrogen-bond donors (Lipinski definition) is 2. The van der Waals surface area contributed by atoms with Gasteiger partial charge in [0, 0.05) is 6.04 Å². The average Bonchev–Trinajstić information content (AvgIpc) is 3.02. The van der Waals surface area contributed by atoms with Crippen LogP contribution in [0, 0.1) is 0 Å². The van der Waals surface area contributed by atoms with E-state index in [1.165, 1.54) is 0 Å². The number of amides is 4. The summed E-state index contributed by atoms with van der Waals surface area (Å²) in [6, 6.07) is 7.17. The number of carbonyl (C=O) groups excluding carboxylic acids is 3. The second-order valence-corrected chi connectivity index (χ2v) is 6.26. The summed E-state index contributed by atoms with van der Waals surface area (Å²) in [5.74, 6) is -0.641. The Bertz CT molecular complexity index is 673. The number of fused-ring (bicyclic) bond motifs is 2. The van der Waals surface area contributed by atoms with Crippen LogP contribution >= 0.6 is 0 Å². The van der Waals surface area contributed by atoms with E-state index >= 15 is 0 Å². The minimum atomic E-state index is -0.996. The molecule has 2 atom stereocenters. The third-order valence-corrected chi connectivity index (χ3v) is 4.74. The van der Waals surface area contributed by atoms with Gasteiger partial charge in [0.25, 0.3) is 5.91 Å². The van der Waals surface area contributed by atoms with Gasteiger partial charge in [-0.25, -0.2) is 4.79 Å². The predicted molar refractivity (Wildman–Crippen MR) is 84.6 cm³/mol. The van der Waals surface area contributed by atoms with Crippen LogP contribution in [0.3, 0.4) is 0 Å². The van der Waals surface area contributed by atoms with E-state index in [1.54, 1.807) is 0 Å². The molecule has 6 heteroatoms. The SMILES string of the molecule is CC[C@H](C)NC(=O)CN1C(=O)N[C@]2(CCc3ccccc32)C1=O. The highest BCUT2D eigenvalue weighted by Crippen LogP contribution is 2.41. The van der Waals surface area contributed by atoms with Crippen LogP contribution in [0.25, 0.3) is 0 Å². The first-order valence-electron chi connectivity index (χ1n) is 8.00. The lowest BCUT2D eigenvalue weighted by Crippen LogP contribution is -2.45. The number of aryl methyl sites for hydroxylation is 1. The Morgan fingerprint density at radius 3 is 2.87 bits per heavy atom. The van der Waals surface area contributed by atoms with Gasteiger partial charge in [0.05, 0.1) is 0 Å². The zero-order valence-electron chi connectivity index (χ0n) is 13.4. The van der Waals surface area contributed by atoms with Crippen molar-refractivity contribution >= 4 is 17.8 Å². The molecule has 2 N–H and O–H groups in total. The number of rotatable bonds is 4. The van der Waals surface area contributed by atoms with Gasteiger partial charge in [-0.1, -0.05) is 31.2 Å². The lowest BCUT2D eigenvalue weighted by atomic mass is 9.92. The van der Waals surface area contributed by atoms with Gasteiger partial charge in [-0.05, 0) is 37.3 Å². The third-order valence-electron chi connectivity index (χ3n) is 4.74. The summed E-state index contributed by atoms with van der Waals surface area (Å²) in [5, 5.41) is 5.60. The van der Waals surface area contributed by atoms with Gasteiger partial charge in [-0.3, -0.25) is 14.5 Å². The van der Waals surface area contributed by atoms with Crippen LogP contribution in [0.1, 0.15) is 37.8 Å². The maximum absolute atomic E-state index is 12.9. The van der Waals surface area contributed by atoms with Gasteiger partial charge in [0.2, 0.25) is 5.91 Å². The molecule has 0 bridgehead atoms. The standard InChI is InChI=1S/C17H21N3O3/c1-3-11(2)18-14(21)10-20-15(22)17(19-16(20)23)9-8-12-6-4-5-7-13(12)17/h4-7,11H,3,8-10H2,1-2H3,(H,18,21)(H,19,23)/t11-,17-/m0/s1. The van der Waals surface area contributed by atoms with Crippen LogP contribution in [-0.4, -0.2) is 35.3 Å². The van der Waals surface area contributed by atoms with Crippen molar-refractivity contribution in [1.29, 1.82) is 0 Å². The van der Waals surface area contributed by atoms with Crippen molar-refractivity contribution in [2.45, 2.75) is 44.7 Å². The quantitative estimate of drug-likeness (QED) is 0.822. The molecule has 1 aliphatic carbocycles. The molecule has 1 aromatic rings. The smallest absolute Gasteiger partial charge is 0.325 e. The van der Waals surface area contributed by atoms with Crippen molar-refractivity contribution in [2.24, 2.45) is 0 Å². The molecular formula is C17H21N3O3. The summed E-state index contributed by atoms with van der Waals surface area (Å²) in [6.07, 6.45) is 2.08. The van der Waals surface area contributed by atoms with Crippen LogP contribution in [0.5, 0.6) is 0 Å². The number of imide groups is 1. The highest BCUT2D eigenvalue weighted by molar-refractivity contribution is 6.09. The van der Waals surface area contributed by atoms with Crippen molar-refractivity contribution in [1.82, 2.24) is 15.5 Å². The van der Waals surface area contributed by atoms with E-state index in [0.29, 0.717) is 6.42 Å². The van der Waals surface area contributed by atoms with Crippen molar-refractivity contribution < 1.29 is 14.4 Å². The second-order valence-electron chi connectivity index (χ2n) is 6.26. The number of hydrogen-bond acceptors (Lipinski definition) is 3. The van der Waals surface area contributed by atoms with Crippen molar-refractivity contribution in [3.05, 3.63) is 35.4 Å². The van der Waals surface area contributed by atoms with Crippen molar-refractivity contribution in [3.63, 3.8) is 0 Å². The van der Waals surface area contributed by atoms with Crippen LogP contribution in [0.15, 0.2) is 24.3 Å². The van der Waals surface area contributed by atoms with Crippen LogP contribution in [-0.2, 0) is 21.5 Å². The van der Waals surface area contributed by atoms with E-state index in [4.69, 9.17) is 0 Å². The van der Waals surface area contributed by atoms with E-state index in [2.05, 4.69) is 10.6 Å². The Hall–Kier alpha value is -2.37. The van der Waals surface area contributed by atoms with Gasteiger partial charge in [0.1, 0.15) is 12.1 Å². The van der Waals surface area contributed by atoms with Gasteiger partial charge < -0.3 is 10.6 Å². The summed E-state index contributed by atoms with van der Waals surface area (Å²) in [7, 11) is 0. The van der Waals surface area contributed by atoms with E-state index in [9.17, 15) is 14.4 Å². The maximum Gasteiger partial charge on any atom is 0.325 e. The molecule has 0 radical (unpaired) electrons. The summed E-state index contributed by atoms with van der Waals surface area (Å²) >= 11 is 0. The molecule has 2 aliphatic rings. The van der Waals surface area contributed by atoms with E-state index in [1.807, 2.05) is 38.1 Å². The zero-order chi connectivity index (χ0) is 16.6. The molecule has 1 fully saturated rings. The van der Waals surface area contributed by atoms with Gasteiger partial charge in [-0.15, -0.1) is 0 Å². The average molecular weight is 315 g/mol. The molecule has 6 nitrogen and oxygen atoms in total. The zero-order valence-corrected chi connectivity index (χ0v) is 13.4. The molecule has 0 unspecified atom stereocenters. The first-order chi connectivity index (χ1) is 11.0. The van der Waals surface area contributed by atoms with Gasteiger partial charge >= 0.3 is 6.03 Å². The Balaban J connectivity index is 1.80. The first-order valence-corrected chi connectivity index (χ1v) is 8.00. The van der Waals surface area contributed by atoms with E-state index in [0.717, 1.165) is 28.9 Å². The first kappa shape index (κ1) is 15.5. The Morgan fingerprint density at radius 1 is 1.39 bits per heavy atom. The summed E-state index contributed by atoms with van der Waals surface area (Å²) in [4.78, 5) is 38.2. The highest BCUT2D eigenvalue weighted by Gasteiger charge is 2.55. The molecule has 1 saturated heterocycles. The summed E-state index contributed by atoms with van der Waals surface area (Å²) in [5.41, 5.74) is 0.930. The highest BCUT2D eigenvalue weighted by atomic mass is 16.2. The molecule has 122 valence electrons. The summed E-state index contributed by atoms with van der Waals surface area (Å²) in [6.45, 7) is 3.61. The van der Waals surface area contributed by atoms with E-state index in [-0.39, 0.29) is 24.4 Å². The fourth-order valence-corrected chi connectivity index (χ4v) is 3.30. The minimum absolute atomic E-state index is 0.0180. The lowest BCUT2D eigenvalue weighted by Gasteiger charge is -2.22. The third kappa shape index (κ3) is 2.48. The normalized spacial score (nSPS) is 23.8. The van der Waals surface area contributed by atoms with E-state index < -0.39 is 11.6 Å². The van der Waals surface area contributed by atoms with Crippen LogP contribution < -0.4 is 10.6 Å². The number of urea groups is 1. The Labute approximate surface area is 135 Å². The lowest BCUT2D eigenvalue weighted by molar-refractivity contribution is -0.135. The van der Waals surface area contributed by atoms with Crippen LogP contribution in [0.4, 0.5) is 4.79 Å². The number of carbonyl (C=O) groups is 3. The topological polar surface area (TPSA) is 78.5 Å². The Kier molecular flexibility index (Phi) is 3.83. The van der Waals surface area contributed by atoms with Gasteiger partial charge in [0.15, 0.2) is 0 Å². The molecule has 0 saturated carbocycles. The molecular weight excluding hydrogens is 294 g/mol. The molecule has 0 aromatic heterocycles. The molecule has 3 rings (SSSR count).